The van der Waals surface area contributed by atoms with E-state index in [1.807, 2.05) is 0 Å². The van der Waals surface area contributed by atoms with E-state index in [2.05, 4.69) is 14.3 Å². The van der Waals surface area contributed by atoms with E-state index in [-0.39, 0.29) is 12.4 Å². The van der Waals surface area contributed by atoms with Gasteiger partial charge in [-0.15, -0.1) is 5.10 Å². The van der Waals surface area contributed by atoms with Crippen LogP contribution in [0.2, 0.25) is 0 Å². The molecular weight excluding hydrogens is 280 g/mol. The highest BCUT2D eigenvalue weighted by Crippen LogP contribution is 2.32. The molecule has 7 heteroatoms. The van der Waals surface area contributed by atoms with Crippen molar-refractivity contribution in [2.75, 3.05) is 14.2 Å². The van der Waals surface area contributed by atoms with E-state index in [9.17, 15) is 4.79 Å². The van der Waals surface area contributed by atoms with E-state index in [4.69, 9.17) is 9.47 Å². The van der Waals surface area contributed by atoms with Crippen molar-refractivity contribution in [2.45, 2.75) is 13.0 Å². The summed E-state index contributed by atoms with van der Waals surface area (Å²) >= 11 is 1.26. The second-order valence-corrected chi connectivity index (χ2v) is 4.74. The van der Waals surface area contributed by atoms with Crippen LogP contribution in [0.4, 0.5) is 0 Å². The third kappa shape index (κ3) is 3.45. The lowest BCUT2D eigenvalue weighted by atomic mass is 10.1. The standard InChI is InChI=1S/C13H14N2O4S/c1-17-11-5-3-4-9(6-12(16)18-2)13(11)19-8-10-7-14-15-20-10/h3-5,7H,6,8H2,1-2H3. The lowest BCUT2D eigenvalue weighted by Gasteiger charge is -2.13. The van der Waals surface area contributed by atoms with Gasteiger partial charge in [0.25, 0.3) is 0 Å². The van der Waals surface area contributed by atoms with Gasteiger partial charge in [-0.25, -0.2) is 0 Å². The van der Waals surface area contributed by atoms with Gasteiger partial charge in [0, 0.05) is 5.56 Å². The molecule has 0 fully saturated rings. The maximum absolute atomic E-state index is 11.4. The number of esters is 1. The molecule has 6 nitrogen and oxygen atoms in total. The number of hydrogen-bond acceptors (Lipinski definition) is 7. The van der Waals surface area contributed by atoms with Crippen LogP contribution >= 0.6 is 11.5 Å². The van der Waals surface area contributed by atoms with Crippen LogP contribution in [0.1, 0.15) is 10.4 Å². The summed E-state index contributed by atoms with van der Waals surface area (Å²) in [5.41, 5.74) is 0.716. The molecule has 0 aliphatic heterocycles. The Bertz CT molecular complexity index is 572. The van der Waals surface area contributed by atoms with Crippen LogP contribution in [0.15, 0.2) is 24.4 Å². The number of carbonyl (C=O) groups excluding carboxylic acids is 1. The molecule has 1 heterocycles. The van der Waals surface area contributed by atoms with Gasteiger partial charge >= 0.3 is 5.97 Å². The maximum Gasteiger partial charge on any atom is 0.310 e. The molecule has 1 aromatic carbocycles. The van der Waals surface area contributed by atoms with Crippen molar-refractivity contribution >= 4 is 17.5 Å². The molecule has 1 aromatic heterocycles. The summed E-state index contributed by atoms with van der Waals surface area (Å²) in [7, 11) is 2.91. The first-order valence-electron chi connectivity index (χ1n) is 5.86. The second kappa shape index (κ2) is 6.85. The van der Waals surface area contributed by atoms with Crippen molar-refractivity contribution in [3.05, 3.63) is 34.8 Å². The van der Waals surface area contributed by atoms with Crippen LogP contribution < -0.4 is 9.47 Å². The first kappa shape index (κ1) is 14.3. The average molecular weight is 294 g/mol. The van der Waals surface area contributed by atoms with Crippen LogP contribution in [0.3, 0.4) is 0 Å². The Labute approximate surface area is 120 Å². The van der Waals surface area contributed by atoms with Gasteiger partial charge in [0.2, 0.25) is 0 Å². The number of nitrogens with zero attached hydrogens (tertiary/aromatic N) is 2. The Hall–Kier alpha value is -2.15. The molecule has 0 amide bonds. The van der Waals surface area contributed by atoms with E-state index >= 15 is 0 Å². The zero-order valence-corrected chi connectivity index (χ0v) is 12.0. The van der Waals surface area contributed by atoms with Gasteiger partial charge in [-0.05, 0) is 17.6 Å². The molecule has 0 aliphatic rings. The highest BCUT2D eigenvalue weighted by Gasteiger charge is 2.14. The van der Waals surface area contributed by atoms with Gasteiger partial charge in [-0.1, -0.05) is 16.6 Å². The molecule has 0 unspecified atom stereocenters. The summed E-state index contributed by atoms with van der Waals surface area (Å²) in [5, 5.41) is 3.74. The number of para-hydroxylation sites is 1. The Morgan fingerprint density at radius 1 is 1.35 bits per heavy atom. The molecule has 0 spiro atoms. The predicted octanol–water partition coefficient (Wildman–Crippen LogP) is 1.84. The van der Waals surface area contributed by atoms with Gasteiger partial charge in [-0.2, -0.15) is 0 Å². The van der Waals surface area contributed by atoms with Crippen LogP contribution in [0.25, 0.3) is 0 Å². The minimum Gasteiger partial charge on any atom is -0.493 e. The number of hydrogen-bond donors (Lipinski definition) is 0. The Morgan fingerprint density at radius 2 is 2.20 bits per heavy atom. The molecule has 20 heavy (non-hydrogen) atoms. The quantitative estimate of drug-likeness (QED) is 0.757. The fourth-order valence-electron chi connectivity index (χ4n) is 1.65. The monoisotopic (exact) mass is 294 g/mol. The molecule has 106 valence electrons. The van der Waals surface area contributed by atoms with E-state index in [1.54, 1.807) is 31.5 Å². The molecule has 0 atom stereocenters. The van der Waals surface area contributed by atoms with Gasteiger partial charge in [0.1, 0.15) is 6.61 Å². The lowest BCUT2D eigenvalue weighted by Crippen LogP contribution is -2.07. The van der Waals surface area contributed by atoms with E-state index in [0.717, 1.165) is 4.88 Å². The molecule has 0 bridgehead atoms. The fraction of sp³-hybridized carbons (Fsp3) is 0.308. The molecule has 2 aromatic rings. The minimum absolute atomic E-state index is 0.129. The molecule has 0 saturated heterocycles. The molecule has 2 rings (SSSR count). The zero-order chi connectivity index (χ0) is 14.4. The second-order valence-electron chi connectivity index (χ2n) is 3.87. The summed E-state index contributed by atoms with van der Waals surface area (Å²) in [6, 6.07) is 5.39. The number of aromatic nitrogens is 2. The van der Waals surface area contributed by atoms with Crippen molar-refractivity contribution in [1.29, 1.82) is 0 Å². The van der Waals surface area contributed by atoms with E-state index in [0.29, 0.717) is 23.7 Å². The number of methoxy groups -OCH3 is 2. The number of carbonyl (C=O) groups is 1. The summed E-state index contributed by atoms with van der Waals surface area (Å²) < 4.78 is 19.5. The lowest BCUT2D eigenvalue weighted by molar-refractivity contribution is -0.139. The Balaban J connectivity index is 2.20. The van der Waals surface area contributed by atoms with E-state index < -0.39 is 0 Å². The molecule has 0 radical (unpaired) electrons. The van der Waals surface area contributed by atoms with Crippen LogP contribution in [-0.4, -0.2) is 29.8 Å². The molecule has 0 aliphatic carbocycles. The third-order valence-corrected chi connectivity index (χ3v) is 3.24. The molecule has 0 N–H and O–H groups in total. The van der Waals surface area contributed by atoms with E-state index in [1.165, 1.54) is 18.6 Å². The maximum atomic E-state index is 11.4. The Morgan fingerprint density at radius 3 is 2.85 bits per heavy atom. The first-order chi connectivity index (χ1) is 9.74. The number of ether oxygens (including phenoxy) is 3. The summed E-state index contributed by atoms with van der Waals surface area (Å²) in [4.78, 5) is 12.3. The number of rotatable bonds is 6. The van der Waals surface area contributed by atoms with Crippen molar-refractivity contribution in [1.82, 2.24) is 9.59 Å². The Kier molecular flexibility index (Phi) is 4.89. The topological polar surface area (TPSA) is 70.5 Å². The van der Waals surface area contributed by atoms with Crippen LogP contribution in [0, 0.1) is 0 Å². The number of benzene rings is 1. The smallest absolute Gasteiger partial charge is 0.310 e. The van der Waals surface area contributed by atoms with Gasteiger partial charge in [0.15, 0.2) is 11.5 Å². The van der Waals surface area contributed by atoms with Crippen molar-refractivity contribution < 1.29 is 19.0 Å². The molecular formula is C13H14N2O4S. The van der Waals surface area contributed by atoms with Crippen LogP contribution in [-0.2, 0) is 22.6 Å². The summed E-state index contributed by atoms with van der Waals surface area (Å²) in [6.45, 7) is 0.326. The average Bonchev–Trinajstić information content (AvgIpc) is 2.98. The summed E-state index contributed by atoms with van der Waals surface area (Å²) in [6.07, 6.45) is 1.77. The third-order valence-electron chi connectivity index (χ3n) is 2.61. The first-order valence-corrected chi connectivity index (χ1v) is 6.63. The highest BCUT2D eigenvalue weighted by atomic mass is 32.1. The normalized spacial score (nSPS) is 10.1. The highest BCUT2D eigenvalue weighted by molar-refractivity contribution is 7.05. The largest absolute Gasteiger partial charge is 0.493 e. The fourth-order valence-corrected chi connectivity index (χ4v) is 2.05. The minimum atomic E-state index is -0.331. The molecule has 0 saturated carbocycles. The predicted molar refractivity (Wildman–Crippen MR) is 73.0 cm³/mol. The van der Waals surface area contributed by atoms with Crippen molar-refractivity contribution in [3.8, 4) is 11.5 Å². The summed E-state index contributed by atoms with van der Waals surface area (Å²) in [5.74, 6) is 0.778. The van der Waals surface area contributed by atoms with Gasteiger partial charge < -0.3 is 14.2 Å². The van der Waals surface area contributed by atoms with Gasteiger partial charge in [-0.3, -0.25) is 4.79 Å². The van der Waals surface area contributed by atoms with Crippen molar-refractivity contribution in [3.63, 3.8) is 0 Å². The van der Waals surface area contributed by atoms with Crippen molar-refractivity contribution in [2.24, 2.45) is 0 Å². The zero-order valence-electron chi connectivity index (χ0n) is 11.2. The van der Waals surface area contributed by atoms with Crippen LogP contribution in [0.5, 0.6) is 11.5 Å². The SMILES string of the molecule is COC(=O)Cc1cccc(OC)c1OCc1cnns1. The van der Waals surface area contributed by atoms with Gasteiger partial charge in [0.05, 0.1) is 31.7 Å².